The van der Waals surface area contributed by atoms with Gasteiger partial charge in [0.25, 0.3) is 0 Å². The third-order valence-electron chi connectivity index (χ3n) is 5.46. The zero-order chi connectivity index (χ0) is 17.6. The molecule has 1 saturated carbocycles. The van der Waals surface area contributed by atoms with Crippen molar-refractivity contribution in [2.24, 2.45) is 11.8 Å². The minimum Gasteiger partial charge on any atom is -0.356 e. The predicted molar refractivity (Wildman–Crippen MR) is 95.9 cm³/mol. The van der Waals surface area contributed by atoms with E-state index in [0.717, 1.165) is 70.1 Å². The Morgan fingerprint density at radius 2 is 1.88 bits per heavy atom. The van der Waals surface area contributed by atoms with E-state index in [-0.39, 0.29) is 23.7 Å². The molecule has 0 aromatic carbocycles. The Morgan fingerprint density at radius 3 is 2.56 bits per heavy atom. The summed E-state index contributed by atoms with van der Waals surface area (Å²) in [6.07, 6.45) is 10.7. The zero-order valence-corrected chi connectivity index (χ0v) is 15.2. The van der Waals surface area contributed by atoms with Crippen LogP contribution in [0.4, 0.5) is 0 Å². The van der Waals surface area contributed by atoms with Crippen LogP contribution in [0, 0.1) is 18.8 Å². The van der Waals surface area contributed by atoms with Gasteiger partial charge in [0.2, 0.25) is 11.8 Å². The molecule has 1 aromatic rings. The Kier molecular flexibility index (Phi) is 6.10. The van der Waals surface area contributed by atoms with Gasteiger partial charge in [-0.2, -0.15) is 5.10 Å². The largest absolute Gasteiger partial charge is 0.356 e. The number of hydrogen-bond acceptors (Lipinski definition) is 3. The number of hydrogen-bond donors (Lipinski definition) is 1. The Labute approximate surface area is 149 Å². The molecule has 6 nitrogen and oxygen atoms in total. The predicted octanol–water partition coefficient (Wildman–Crippen LogP) is 2.13. The van der Waals surface area contributed by atoms with Crippen molar-refractivity contribution in [3.05, 3.63) is 18.0 Å². The van der Waals surface area contributed by atoms with E-state index >= 15 is 0 Å². The highest BCUT2D eigenvalue weighted by molar-refractivity contribution is 5.88. The molecule has 1 aliphatic heterocycles. The van der Waals surface area contributed by atoms with E-state index in [2.05, 4.69) is 10.4 Å². The standard InChI is InChI=1S/C19H30N4O2/c1-15-13-21-23(14-15)12-6-9-20-18(24)16-7-2-3-8-17(16)19(25)22-10-4-5-11-22/h13-14,16-17H,2-12H2,1H3,(H,20,24)/t16-,17-/m1/s1. The Hall–Kier alpha value is -1.85. The maximum Gasteiger partial charge on any atom is 0.226 e. The number of likely N-dealkylation sites (tertiary alicyclic amines) is 1. The monoisotopic (exact) mass is 346 g/mol. The first-order chi connectivity index (χ1) is 12.1. The molecule has 2 aliphatic rings. The first-order valence-electron chi connectivity index (χ1n) is 9.71. The Morgan fingerprint density at radius 1 is 1.16 bits per heavy atom. The van der Waals surface area contributed by atoms with Crippen LogP contribution >= 0.6 is 0 Å². The highest BCUT2D eigenvalue weighted by Gasteiger charge is 2.38. The van der Waals surface area contributed by atoms with Crippen molar-refractivity contribution in [2.75, 3.05) is 19.6 Å². The van der Waals surface area contributed by atoms with Crippen molar-refractivity contribution in [3.8, 4) is 0 Å². The van der Waals surface area contributed by atoms with Crippen molar-refractivity contribution >= 4 is 11.8 Å². The van der Waals surface area contributed by atoms with E-state index in [1.807, 2.05) is 28.9 Å². The lowest BCUT2D eigenvalue weighted by Gasteiger charge is -2.32. The number of nitrogens with zero attached hydrogens (tertiary/aromatic N) is 3. The molecule has 138 valence electrons. The van der Waals surface area contributed by atoms with Crippen molar-refractivity contribution in [3.63, 3.8) is 0 Å². The van der Waals surface area contributed by atoms with Crippen molar-refractivity contribution < 1.29 is 9.59 Å². The molecule has 2 heterocycles. The maximum atomic E-state index is 12.8. The van der Waals surface area contributed by atoms with Crippen molar-refractivity contribution in [2.45, 2.75) is 58.4 Å². The minimum atomic E-state index is -0.145. The summed E-state index contributed by atoms with van der Waals surface area (Å²) in [4.78, 5) is 27.4. The summed E-state index contributed by atoms with van der Waals surface area (Å²) in [6, 6.07) is 0. The normalized spacial score (nSPS) is 23.6. The highest BCUT2D eigenvalue weighted by atomic mass is 16.2. The average molecular weight is 346 g/mol. The fourth-order valence-electron chi connectivity index (χ4n) is 4.09. The molecule has 25 heavy (non-hydrogen) atoms. The summed E-state index contributed by atoms with van der Waals surface area (Å²) in [5.74, 6) is 0.0210. The van der Waals surface area contributed by atoms with Crippen LogP contribution in [0.3, 0.4) is 0 Å². The lowest BCUT2D eigenvalue weighted by molar-refractivity contribution is -0.142. The van der Waals surface area contributed by atoms with Gasteiger partial charge in [-0.05, 0) is 44.6 Å². The second-order valence-electron chi connectivity index (χ2n) is 7.46. The molecule has 0 unspecified atom stereocenters. The van der Waals surface area contributed by atoms with E-state index in [1.165, 1.54) is 0 Å². The highest BCUT2D eigenvalue weighted by Crippen LogP contribution is 2.32. The fourth-order valence-corrected chi connectivity index (χ4v) is 4.09. The molecule has 2 amide bonds. The summed E-state index contributed by atoms with van der Waals surface area (Å²) >= 11 is 0. The van der Waals surface area contributed by atoms with E-state index in [0.29, 0.717) is 6.54 Å². The molecule has 2 atom stereocenters. The van der Waals surface area contributed by atoms with Gasteiger partial charge in [0.05, 0.1) is 6.20 Å². The fraction of sp³-hybridized carbons (Fsp3) is 0.737. The lowest BCUT2D eigenvalue weighted by atomic mass is 9.78. The van der Waals surface area contributed by atoms with Crippen LogP contribution in [0.15, 0.2) is 12.4 Å². The van der Waals surface area contributed by atoms with E-state index in [9.17, 15) is 9.59 Å². The van der Waals surface area contributed by atoms with Gasteiger partial charge in [0, 0.05) is 44.2 Å². The van der Waals surface area contributed by atoms with Crippen LogP contribution in [0.1, 0.15) is 50.5 Å². The summed E-state index contributed by atoms with van der Waals surface area (Å²) in [7, 11) is 0. The maximum absolute atomic E-state index is 12.8. The molecular formula is C19H30N4O2. The smallest absolute Gasteiger partial charge is 0.226 e. The second-order valence-corrected chi connectivity index (χ2v) is 7.46. The van der Waals surface area contributed by atoms with Crippen molar-refractivity contribution in [1.29, 1.82) is 0 Å². The SMILES string of the molecule is Cc1cnn(CCCNC(=O)[C@@H]2CCCC[C@H]2C(=O)N2CCCC2)c1. The number of aromatic nitrogens is 2. The molecule has 1 aliphatic carbocycles. The van der Waals surface area contributed by atoms with Crippen LogP contribution in [0.2, 0.25) is 0 Å². The van der Waals surface area contributed by atoms with Gasteiger partial charge in [-0.25, -0.2) is 0 Å². The molecular weight excluding hydrogens is 316 g/mol. The van der Waals surface area contributed by atoms with Gasteiger partial charge in [-0.15, -0.1) is 0 Å². The van der Waals surface area contributed by atoms with E-state index < -0.39 is 0 Å². The summed E-state index contributed by atoms with van der Waals surface area (Å²) in [5, 5.41) is 7.31. The van der Waals surface area contributed by atoms with Gasteiger partial charge in [0.15, 0.2) is 0 Å². The number of nitrogens with one attached hydrogen (secondary N) is 1. The number of rotatable bonds is 6. The van der Waals surface area contributed by atoms with Crippen LogP contribution in [-0.4, -0.2) is 46.1 Å². The molecule has 0 radical (unpaired) electrons. The molecule has 1 saturated heterocycles. The summed E-state index contributed by atoms with van der Waals surface area (Å²) in [6.45, 7) is 5.19. The number of carbonyl (C=O) groups excluding carboxylic acids is 2. The van der Waals surface area contributed by atoms with Crippen LogP contribution in [-0.2, 0) is 16.1 Å². The number of amides is 2. The van der Waals surface area contributed by atoms with E-state index in [1.54, 1.807) is 0 Å². The average Bonchev–Trinajstić information content (AvgIpc) is 3.30. The van der Waals surface area contributed by atoms with Gasteiger partial charge in [0.1, 0.15) is 0 Å². The number of aryl methyl sites for hydroxylation is 2. The van der Waals surface area contributed by atoms with Crippen LogP contribution in [0.5, 0.6) is 0 Å². The van der Waals surface area contributed by atoms with Gasteiger partial charge < -0.3 is 10.2 Å². The molecule has 0 spiro atoms. The summed E-state index contributed by atoms with van der Waals surface area (Å²) < 4.78 is 1.90. The second kappa shape index (κ2) is 8.50. The first-order valence-corrected chi connectivity index (χ1v) is 9.71. The third-order valence-corrected chi connectivity index (χ3v) is 5.46. The van der Waals surface area contributed by atoms with Gasteiger partial charge in [-0.3, -0.25) is 14.3 Å². The van der Waals surface area contributed by atoms with Crippen LogP contribution < -0.4 is 5.32 Å². The topological polar surface area (TPSA) is 67.2 Å². The molecule has 1 aromatic heterocycles. The van der Waals surface area contributed by atoms with Crippen molar-refractivity contribution in [1.82, 2.24) is 20.0 Å². The third kappa shape index (κ3) is 4.61. The molecule has 2 fully saturated rings. The molecule has 0 bridgehead atoms. The molecule has 6 heteroatoms. The Balaban J connectivity index is 1.47. The van der Waals surface area contributed by atoms with E-state index in [4.69, 9.17) is 0 Å². The Bertz CT molecular complexity index is 592. The minimum absolute atomic E-state index is 0.0638. The van der Waals surface area contributed by atoms with Gasteiger partial charge >= 0.3 is 0 Å². The summed E-state index contributed by atoms with van der Waals surface area (Å²) in [5.41, 5.74) is 1.15. The molecule has 3 rings (SSSR count). The lowest BCUT2D eigenvalue weighted by Crippen LogP contribution is -2.44. The van der Waals surface area contributed by atoms with Crippen LogP contribution in [0.25, 0.3) is 0 Å². The quantitative estimate of drug-likeness (QED) is 0.803. The first kappa shape index (κ1) is 18.0. The zero-order valence-electron chi connectivity index (χ0n) is 15.2. The number of carbonyl (C=O) groups is 2. The molecule has 1 N–H and O–H groups in total. The van der Waals surface area contributed by atoms with Gasteiger partial charge in [-0.1, -0.05) is 12.8 Å².